The summed E-state index contributed by atoms with van der Waals surface area (Å²) in [5, 5.41) is 21.4. The highest BCUT2D eigenvalue weighted by Gasteiger charge is 2.23. The molecule has 4 N–H and O–H groups in total. The second-order valence-electron chi connectivity index (χ2n) is 9.63. The van der Waals surface area contributed by atoms with E-state index in [0.717, 1.165) is 30.5 Å². The number of rotatable bonds is 6. The van der Waals surface area contributed by atoms with Crippen LogP contribution < -0.4 is 16.0 Å². The summed E-state index contributed by atoms with van der Waals surface area (Å²) in [5.41, 5.74) is 1.63. The molecule has 182 valence electrons. The van der Waals surface area contributed by atoms with Crippen LogP contribution in [0.2, 0.25) is 0 Å². The van der Waals surface area contributed by atoms with Crippen molar-refractivity contribution in [2.75, 3.05) is 18.4 Å². The Kier molecular flexibility index (Phi) is 5.93. The average Bonchev–Trinajstić information content (AvgIpc) is 3.59. The van der Waals surface area contributed by atoms with Crippen molar-refractivity contribution in [3.05, 3.63) is 53.6 Å². The number of hydrogen-bond acceptors (Lipinski definition) is 8. The molecule has 0 aliphatic carbocycles. The molecule has 0 unspecified atom stereocenters. The molecule has 0 radical (unpaired) electrons. The van der Waals surface area contributed by atoms with Crippen molar-refractivity contribution < 1.29 is 13.7 Å². The first-order chi connectivity index (χ1) is 16.8. The van der Waals surface area contributed by atoms with Gasteiger partial charge in [-0.05, 0) is 42.3 Å². The van der Waals surface area contributed by atoms with E-state index in [0.29, 0.717) is 28.7 Å². The van der Waals surface area contributed by atoms with Gasteiger partial charge in [-0.15, -0.1) is 0 Å². The topological polar surface area (TPSA) is 134 Å². The average molecular weight is 479 g/mol. The summed E-state index contributed by atoms with van der Waals surface area (Å²) < 4.78 is 20.3. The number of amides is 1. The minimum absolute atomic E-state index is 0.0324. The zero-order valence-corrected chi connectivity index (χ0v) is 19.8. The Morgan fingerprint density at radius 2 is 2.14 bits per heavy atom. The van der Waals surface area contributed by atoms with Gasteiger partial charge in [0.15, 0.2) is 17.3 Å². The maximum atomic E-state index is 15.1. The van der Waals surface area contributed by atoms with Gasteiger partial charge in [0.1, 0.15) is 5.82 Å². The van der Waals surface area contributed by atoms with Gasteiger partial charge in [-0.1, -0.05) is 32.0 Å². The molecule has 1 amide bonds. The minimum atomic E-state index is -0.633. The molecule has 10 nitrogen and oxygen atoms in total. The van der Waals surface area contributed by atoms with E-state index in [1.807, 2.05) is 26.8 Å². The number of fused-ring (bicyclic) bond motifs is 1. The Morgan fingerprint density at radius 3 is 2.86 bits per heavy atom. The van der Waals surface area contributed by atoms with Gasteiger partial charge in [-0.2, -0.15) is 10.1 Å². The van der Waals surface area contributed by atoms with Gasteiger partial charge in [0.2, 0.25) is 5.89 Å². The number of pyridine rings is 1. The first kappa shape index (κ1) is 22.9. The molecule has 11 heteroatoms. The second-order valence-corrected chi connectivity index (χ2v) is 9.63. The molecule has 4 heterocycles. The van der Waals surface area contributed by atoms with Gasteiger partial charge in [-0.3, -0.25) is 9.89 Å². The van der Waals surface area contributed by atoms with E-state index >= 15 is 4.39 Å². The number of aromatic nitrogens is 5. The Labute approximate surface area is 201 Å². The number of nitrogens with zero attached hydrogens (tertiary/aromatic N) is 4. The number of aromatic amines is 1. The summed E-state index contributed by atoms with van der Waals surface area (Å²) in [7, 11) is 0. The first-order valence-electron chi connectivity index (χ1n) is 11.5. The molecule has 5 rings (SSSR count). The summed E-state index contributed by atoms with van der Waals surface area (Å²) >= 11 is 0. The minimum Gasteiger partial charge on any atom is -0.364 e. The van der Waals surface area contributed by atoms with E-state index in [4.69, 9.17) is 4.52 Å². The molecule has 1 aliphatic heterocycles. The molecule has 1 aromatic carbocycles. The Bertz CT molecular complexity index is 1370. The molecular weight excluding hydrogens is 451 g/mol. The van der Waals surface area contributed by atoms with E-state index in [2.05, 4.69) is 41.3 Å². The largest absolute Gasteiger partial charge is 0.364 e. The van der Waals surface area contributed by atoms with Crippen molar-refractivity contribution >= 4 is 22.8 Å². The fourth-order valence-corrected chi connectivity index (χ4v) is 4.02. The van der Waals surface area contributed by atoms with Crippen LogP contribution in [0.25, 0.3) is 22.2 Å². The number of H-pyrrole nitrogens is 1. The molecule has 0 spiro atoms. The predicted molar refractivity (Wildman–Crippen MR) is 128 cm³/mol. The fraction of sp³-hybridized carbons (Fsp3) is 0.375. The molecule has 35 heavy (non-hydrogen) atoms. The van der Waals surface area contributed by atoms with E-state index in [1.54, 1.807) is 12.3 Å². The molecule has 0 saturated carbocycles. The van der Waals surface area contributed by atoms with Crippen LogP contribution in [0.5, 0.6) is 0 Å². The number of anilines is 1. The standard InChI is InChI=1S/C24H27FN8O2/c1-24(2,3)23-30-18(33-35-23)12-28-22(34)16-5-4-13(10-17(16)25)15-7-9-27-20-19(15)21(32-31-20)29-14-6-8-26-11-14/h4-5,7,9-10,14,26H,6,8,11-12H2,1-3H3,(H,28,34)(H2,27,29,31,32)/t14-/m1/s1. The van der Waals surface area contributed by atoms with Crippen LogP contribution in [0.15, 0.2) is 35.0 Å². The quantitative estimate of drug-likeness (QED) is 0.332. The zero-order valence-electron chi connectivity index (χ0n) is 19.8. The van der Waals surface area contributed by atoms with Crippen molar-refractivity contribution in [3.8, 4) is 11.1 Å². The third kappa shape index (κ3) is 4.72. The van der Waals surface area contributed by atoms with Crippen molar-refractivity contribution in [3.63, 3.8) is 0 Å². The number of benzene rings is 1. The van der Waals surface area contributed by atoms with Crippen molar-refractivity contribution in [1.82, 2.24) is 36.0 Å². The van der Waals surface area contributed by atoms with Crippen LogP contribution in [0.3, 0.4) is 0 Å². The van der Waals surface area contributed by atoms with Gasteiger partial charge in [0.25, 0.3) is 5.91 Å². The third-order valence-corrected chi connectivity index (χ3v) is 5.90. The lowest BCUT2D eigenvalue weighted by Crippen LogP contribution is -2.24. The number of carbonyl (C=O) groups excluding carboxylic acids is 1. The lowest BCUT2D eigenvalue weighted by Gasteiger charge is -2.12. The monoisotopic (exact) mass is 478 g/mol. The Morgan fingerprint density at radius 1 is 1.29 bits per heavy atom. The molecule has 1 atom stereocenters. The van der Waals surface area contributed by atoms with Crippen molar-refractivity contribution in [2.45, 2.75) is 45.2 Å². The van der Waals surface area contributed by atoms with Crippen LogP contribution in [-0.2, 0) is 12.0 Å². The number of halogens is 1. The highest BCUT2D eigenvalue weighted by Crippen LogP contribution is 2.33. The SMILES string of the molecule is CC(C)(C)c1nc(CNC(=O)c2ccc(-c3ccnc4[nH]nc(N[C@@H]5CCNC5)c34)cc2F)no1. The zero-order chi connectivity index (χ0) is 24.6. The summed E-state index contributed by atoms with van der Waals surface area (Å²) in [5.74, 6) is 0.283. The molecular formula is C24H27FN8O2. The van der Waals surface area contributed by atoms with Gasteiger partial charge in [0, 0.05) is 24.2 Å². The number of nitrogens with one attached hydrogen (secondary N) is 4. The van der Waals surface area contributed by atoms with Gasteiger partial charge < -0.3 is 20.5 Å². The molecule has 1 aliphatic rings. The Hall–Kier alpha value is -3.86. The predicted octanol–water partition coefficient (Wildman–Crippen LogP) is 3.15. The second kappa shape index (κ2) is 9.06. The van der Waals surface area contributed by atoms with Crippen molar-refractivity contribution in [1.29, 1.82) is 0 Å². The van der Waals surface area contributed by atoms with Crippen LogP contribution in [-0.4, -0.2) is 50.4 Å². The number of hydrogen-bond donors (Lipinski definition) is 4. The van der Waals surface area contributed by atoms with Gasteiger partial charge in [-0.25, -0.2) is 9.37 Å². The van der Waals surface area contributed by atoms with Crippen molar-refractivity contribution in [2.24, 2.45) is 0 Å². The van der Waals surface area contributed by atoms with E-state index < -0.39 is 11.7 Å². The first-order valence-corrected chi connectivity index (χ1v) is 11.5. The molecule has 0 bridgehead atoms. The molecule has 4 aromatic rings. The number of carbonyl (C=O) groups is 1. The summed E-state index contributed by atoms with van der Waals surface area (Å²) in [6.07, 6.45) is 2.63. The van der Waals surface area contributed by atoms with E-state index in [9.17, 15) is 4.79 Å². The van der Waals surface area contributed by atoms with E-state index in [-0.39, 0.29) is 23.6 Å². The highest BCUT2D eigenvalue weighted by atomic mass is 19.1. The van der Waals surface area contributed by atoms with Crippen LogP contribution in [0, 0.1) is 5.82 Å². The molecule has 1 saturated heterocycles. The summed E-state index contributed by atoms with van der Waals surface area (Å²) in [4.78, 5) is 21.3. The fourth-order valence-electron chi connectivity index (χ4n) is 4.02. The normalized spacial score (nSPS) is 16.1. The maximum absolute atomic E-state index is 15.1. The highest BCUT2D eigenvalue weighted by molar-refractivity contribution is 6.01. The molecule has 1 fully saturated rings. The molecule has 3 aromatic heterocycles. The maximum Gasteiger partial charge on any atom is 0.254 e. The van der Waals surface area contributed by atoms with Gasteiger partial charge >= 0.3 is 0 Å². The lowest BCUT2D eigenvalue weighted by molar-refractivity contribution is 0.0945. The van der Waals surface area contributed by atoms with Gasteiger partial charge in [0.05, 0.1) is 17.5 Å². The smallest absolute Gasteiger partial charge is 0.254 e. The lowest BCUT2D eigenvalue weighted by atomic mass is 9.97. The summed E-state index contributed by atoms with van der Waals surface area (Å²) in [6.45, 7) is 7.68. The Balaban J connectivity index is 1.35. The van der Waals surface area contributed by atoms with E-state index in [1.165, 1.54) is 12.1 Å². The van der Waals surface area contributed by atoms with Crippen LogP contribution >= 0.6 is 0 Å². The van der Waals surface area contributed by atoms with Crippen LogP contribution in [0.4, 0.5) is 10.2 Å². The third-order valence-electron chi connectivity index (χ3n) is 5.90. The summed E-state index contributed by atoms with van der Waals surface area (Å²) in [6, 6.07) is 6.61. The van der Waals surface area contributed by atoms with Crippen LogP contribution in [0.1, 0.15) is 49.3 Å².